The highest BCUT2D eigenvalue weighted by atomic mass is 16.5. The van der Waals surface area contributed by atoms with Crippen molar-refractivity contribution in [2.45, 2.75) is 32.6 Å². The lowest BCUT2D eigenvalue weighted by Crippen LogP contribution is -2.07. The molecule has 0 aromatic heterocycles. The van der Waals surface area contributed by atoms with Gasteiger partial charge in [0.15, 0.2) is 5.78 Å². The Labute approximate surface area is 102 Å². The smallest absolute Gasteiger partial charge is 0.158 e. The molecule has 1 fully saturated rings. The lowest BCUT2D eigenvalue weighted by molar-refractivity contribution is -0.116. The number of benzene rings is 1. The van der Waals surface area contributed by atoms with Crippen LogP contribution in [0, 0.1) is 0 Å². The first-order chi connectivity index (χ1) is 8.29. The highest BCUT2D eigenvalue weighted by molar-refractivity contribution is 6.00. The van der Waals surface area contributed by atoms with Gasteiger partial charge in [-0.3, -0.25) is 4.79 Å². The maximum Gasteiger partial charge on any atom is 0.158 e. The van der Waals surface area contributed by atoms with Crippen molar-refractivity contribution >= 4 is 11.9 Å². The van der Waals surface area contributed by atoms with Crippen LogP contribution in [0.4, 0.5) is 0 Å². The first-order valence-corrected chi connectivity index (χ1v) is 6.26. The molecule has 0 bridgehead atoms. The zero-order valence-corrected chi connectivity index (χ0v) is 10.2. The molecule has 1 aromatic carbocycles. The van der Waals surface area contributed by atoms with E-state index in [0.29, 0.717) is 18.8 Å². The fourth-order valence-electron chi connectivity index (χ4n) is 2.08. The molecule has 1 aliphatic rings. The van der Waals surface area contributed by atoms with Crippen molar-refractivity contribution in [1.29, 1.82) is 0 Å². The maximum atomic E-state index is 11.7. The normalized spacial score (nSPS) is 18.4. The standard InChI is InChI=1S/C15H18O2/c1-2-17-14-9-7-12(8-10-14)11-13-5-3-4-6-15(13)16/h7-11H,2-6H2,1H3. The highest BCUT2D eigenvalue weighted by Crippen LogP contribution is 2.23. The van der Waals surface area contributed by atoms with Crippen molar-refractivity contribution in [3.63, 3.8) is 0 Å². The largest absolute Gasteiger partial charge is 0.494 e. The van der Waals surface area contributed by atoms with Crippen LogP contribution in [0.15, 0.2) is 29.8 Å². The number of hydrogen-bond acceptors (Lipinski definition) is 2. The van der Waals surface area contributed by atoms with Gasteiger partial charge in [0.2, 0.25) is 0 Å². The molecule has 1 saturated carbocycles. The van der Waals surface area contributed by atoms with Gasteiger partial charge in [0.25, 0.3) is 0 Å². The average molecular weight is 230 g/mol. The number of rotatable bonds is 3. The minimum Gasteiger partial charge on any atom is -0.494 e. The molecule has 2 nitrogen and oxygen atoms in total. The van der Waals surface area contributed by atoms with Crippen molar-refractivity contribution in [3.05, 3.63) is 35.4 Å². The third-order valence-electron chi connectivity index (χ3n) is 2.99. The quantitative estimate of drug-likeness (QED) is 0.741. The predicted octanol–water partition coefficient (Wildman–Crippen LogP) is 3.61. The van der Waals surface area contributed by atoms with E-state index < -0.39 is 0 Å². The number of allylic oxidation sites excluding steroid dienone is 1. The number of carbonyl (C=O) groups is 1. The summed E-state index contributed by atoms with van der Waals surface area (Å²) in [5, 5.41) is 0. The van der Waals surface area contributed by atoms with Gasteiger partial charge in [0.05, 0.1) is 6.61 Å². The number of Topliss-reactive ketones (excluding diaryl/α,β-unsaturated/α-hetero) is 1. The monoisotopic (exact) mass is 230 g/mol. The number of ketones is 1. The molecule has 0 saturated heterocycles. The summed E-state index contributed by atoms with van der Waals surface area (Å²) < 4.78 is 5.38. The van der Waals surface area contributed by atoms with Crippen molar-refractivity contribution in [2.24, 2.45) is 0 Å². The molecule has 2 rings (SSSR count). The second-order valence-corrected chi connectivity index (χ2v) is 4.30. The van der Waals surface area contributed by atoms with Gasteiger partial charge in [0, 0.05) is 6.42 Å². The molecule has 1 aromatic rings. The van der Waals surface area contributed by atoms with E-state index in [-0.39, 0.29) is 0 Å². The van der Waals surface area contributed by atoms with E-state index in [0.717, 1.165) is 36.1 Å². The Kier molecular flexibility index (Phi) is 3.97. The molecule has 17 heavy (non-hydrogen) atoms. The molecule has 0 N–H and O–H groups in total. The number of hydrogen-bond donors (Lipinski definition) is 0. The zero-order valence-electron chi connectivity index (χ0n) is 10.2. The minimum atomic E-state index is 0.310. The topological polar surface area (TPSA) is 26.3 Å². The summed E-state index contributed by atoms with van der Waals surface area (Å²) in [5.41, 5.74) is 2.05. The van der Waals surface area contributed by atoms with Gasteiger partial charge in [-0.15, -0.1) is 0 Å². The van der Waals surface area contributed by atoms with E-state index >= 15 is 0 Å². The van der Waals surface area contributed by atoms with E-state index in [9.17, 15) is 4.79 Å². The van der Waals surface area contributed by atoms with Gasteiger partial charge in [-0.1, -0.05) is 12.1 Å². The van der Waals surface area contributed by atoms with E-state index in [2.05, 4.69) is 0 Å². The second-order valence-electron chi connectivity index (χ2n) is 4.30. The Hall–Kier alpha value is -1.57. The number of ether oxygens (including phenoxy) is 1. The van der Waals surface area contributed by atoms with Crippen LogP contribution >= 0.6 is 0 Å². The lowest BCUT2D eigenvalue weighted by Gasteiger charge is -2.12. The van der Waals surface area contributed by atoms with E-state index in [1.54, 1.807) is 0 Å². The first kappa shape index (κ1) is 11.9. The Morgan fingerprint density at radius 3 is 2.53 bits per heavy atom. The van der Waals surface area contributed by atoms with Crippen LogP contribution in [0.3, 0.4) is 0 Å². The predicted molar refractivity (Wildman–Crippen MR) is 69.1 cm³/mol. The SMILES string of the molecule is CCOc1ccc(C=C2CCCCC2=O)cc1. The second kappa shape index (κ2) is 5.67. The van der Waals surface area contributed by atoms with Crippen LogP contribution in [-0.2, 0) is 4.79 Å². The average Bonchev–Trinajstić information content (AvgIpc) is 2.35. The van der Waals surface area contributed by atoms with Crippen LogP contribution in [-0.4, -0.2) is 12.4 Å². The van der Waals surface area contributed by atoms with Crippen LogP contribution in [0.1, 0.15) is 38.2 Å². The summed E-state index contributed by atoms with van der Waals surface area (Å²) in [5.74, 6) is 1.19. The third kappa shape index (κ3) is 3.19. The van der Waals surface area contributed by atoms with E-state index in [4.69, 9.17) is 4.74 Å². The van der Waals surface area contributed by atoms with Crippen molar-refractivity contribution < 1.29 is 9.53 Å². The Morgan fingerprint density at radius 2 is 1.88 bits per heavy atom. The van der Waals surface area contributed by atoms with Crippen LogP contribution in [0.2, 0.25) is 0 Å². The molecule has 2 heteroatoms. The molecule has 90 valence electrons. The summed E-state index contributed by atoms with van der Waals surface area (Å²) in [7, 11) is 0. The van der Waals surface area contributed by atoms with Crippen molar-refractivity contribution in [2.75, 3.05) is 6.61 Å². The maximum absolute atomic E-state index is 11.7. The van der Waals surface area contributed by atoms with Crippen LogP contribution in [0.25, 0.3) is 6.08 Å². The molecule has 0 aliphatic heterocycles. The van der Waals surface area contributed by atoms with Gasteiger partial charge in [-0.25, -0.2) is 0 Å². The molecule has 0 heterocycles. The minimum absolute atomic E-state index is 0.310. The summed E-state index contributed by atoms with van der Waals surface area (Å²) in [4.78, 5) is 11.7. The van der Waals surface area contributed by atoms with Crippen molar-refractivity contribution in [1.82, 2.24) is 0 Å². The van der Waals surface area contributed by atoms with E-state index in [1.807, 2.05) is 37.3 Å². The van der Waals surface area contributed by atoms with Gasteiger partial charge in [-0.05, 0) is 55.5 Å². The van der Waals surface area contributed by atoms with Gasteiger partial charge >= 0.3 is 0 Å². The van der Waals surface area contributed by atoms with Gasteiger partial charge in [-0.2, -0.15) is 0 Å². The molecule has 0 spiro atoms. The Bertz CT molecular complexity index is 415. The van der Waals surface area contributed by atoms with E-state index in [1.165, 1.54) is 0 Å². The third-order valence-corrected chi connectivity index (χ3v) is 2.99. The molecule has 0 unspecified atom stereocenters. The summed E-state index contributed by atoms with van der Waals surface area (Å²) >= 11 is 0. The summed E-state index contributed by atoms with van der Waals surface area (Å²) in [6, 6.07) is 7.89. The summed E-state index contributed by atoms with van der Waals surface area (Å²) in [6.45, 7) is 2.65. The Balaban J connectivity index is 2.11. The van der Waals surface area contributed by atoms with Gasteiger partial charge in [0.1, 0.15) is 5.75 Å². The lowest BCUT2D eigenvalue weighted by atomic mass is 9.92. The molecule has 1 aliphatic carbocycles. The van der Waals surface area contributed by atoms with Crippen LogP contribution < -0.4 is 4.74 Å². The molecule has 0 atom stereocenters. The molecular weight excluding hydrogens is 212 g/mol. The fourth-order valence-corrected chi connectivity index (χ4v) is 2.08. The van der Waals surface area contributed by atoms with Gasteiger partial charge < -0.3 is 4.74 Å². The zero-order chi connectivity index (χ0) is 12.1. The van der Waals surface area contributed by atoms with Crippen molar-refractivity contribution in [3.8, 4) is 5.75 Å². The first-order valence-electron chi connectivity index (χ1n) is 6.26. The molecular formula is C15H18O2. The molecule has 0 radical (unpaired) electrons. The highest BCUT2D eigenvalue weighted by Gasteiger charge is 2.14. The van der Waals surface area contributed by atoms with Crippen LogP contribution in [0.5, 0.6) is 5.75 Å². The Morgan fingerprint density at radius 1 is 1.18 bits per heavy atom. The molecule has 0 amide bonds. The number of carbonyl (C=O) groups excluding carboxylic acids is 1. The fraction of sp³-hybridized carbons (Fsp3) is 0.400. The summed E-state index contributed by atoms with van der Waals surface area (Å²) in [6.07, 6.45) is 5.82.